The standard InChI is InChI=1S/C6H10O11S/c7-1-2(8)4(17-18(12,13)14)5(9)15-3(1)6(10)16-11/h1-5,7-9,11H,(H,12,13,14)/t1-,2-,3+,4+,5+/m0/s1. The Kier molecular flexibility index (Phi) is 4.57. The lowest BCUT2D eigenvalue weighted by atomic mass is 9.99. The highest BCUT2D eigenvalue weighted by Gasteiger charge is 2.50. The van der Waals surface area contributed by atoms with Crippen molar-refractivity contribution in [1.82, 2.24) is 0 Å². The van der Waals surface area contributed by atoms with Crippen LogP contribution in [0.3, 0.4) is 0 Å². The summed E-state index contributed by atoms with van der Waals surface area (Å²) in [6.45, 7) is 0. The summed E-state index contributed by atoms with van der Waals surface area (Å²) >= 11 is 0. The van der Waals surface area contributed by atoms with Gasteiger partial charge in [0.25, 0.3) is 0 Å². The van der Waals surface area contributed by atoms with Gasteiger partial charge in [0.1, 0.15) is 12.2 Å². The largest absolute Gasteiger partial charge is 0.397 e. The van der Waals surface area contributed by atoms with E-state index in [0.717, 1.165) is 0 Å². The lowest BCUT2D eigenvalue weighted by Gasteiger charge is -2.37. The third kappa shape index (κ3) is 3.33. The Morgan fingerprint density at radius 3 is 2.17 bits per heavy atom. The van der Waals surface area contributed by atoms with E-state index in [-0.39, 0.29) is 0 Å². The molecule has 5 atom stereocenters. The van der Waals surface area contributed by atoms with Gasteiger partial charge in [-0.2, -0.15) is 13.7 Å². The van der Waals surface area contributed by atoms with Crippen LogP contribution in [0, 0.1) is 0 Å². The van der Waals surface area contributed by atoms with Gasteiger partial charge in [0.05, 0.1) is 0 Å². The molecule has 1 rings (SSSR count). The van der Waals surface area contributed by atoms with Crippen LogP contribution in [-0.2, 0) is 29.0 Å². The van der Waals surface area contributed by atoms with Crippen LogP contribution in [-0.4, -0.2) is 70.2 Å². The Hall–Kier alpha value is -0.860. The molecule has 0 aliphatic carbocycles. The second-order valence-corrected chi connectivity index (χ2v) is 4.38. The molecule has 1 heterocycles. The van der Waals surface area contributed by atoms with E-state index in [9.17, 15) is 28.5 Å². The van der Waals surface area contributed by atoms with E-state index < -0.39 is 47.1 Å². The molecule has 0 aromatic heterocycles. The van der Waals surface area contributed by atoms with Gasteiger partial charge in [-0.15, -0.1) is 0 Å². The van der Waals surface area contributed by atoms with Gasteiger partial charge in [0.2, 0.25) is 0 Å². The Labute approximate surface area is 100 Å². The Morgan fingerprint density at radius 2 is 1.72 bits per heavy atom. The minimum atomic E-state index is -5.03. The molecular formula is C6H10O11S. The van der Waals surface area contributed by atoms with E-state index >= 15 is 0 Å². The molecule has 5 N–H and O–H groups in total. The summed E-state index contributed by atoms with van der Waals surface area (Å²) in [5.74, 6) is -1.52. The zero-order valence-corrected chi connectivity index (χ0v) is 9.30. The number of hydrogen-bond acceptors (Lipinski definition) is 10. The van der Waals surface area contributed by atoms with Gasteiger partial charge in [-0.25, -0.2) is 8.98 Å². The van der Waals surface area contributed by atoms with Crippen molar-refractivity contribution in [3.05, 3.63) is 0 Å². The molecule has 11 nitrogen and oxygen atoms in total. The molecule has 0 radical (unpaired) electrons. The first-order valence-corrected chi connectivity index (χ1v) is 5.74. The minimum Gasteiger partial charge on any atom is -0.387 e. The number of aliphatic hydroxyl groups excluding tert-OH is 3. The lowest BCUT2D eigenvalue weighted by Crippen LogP contribution is -2.61. The Balaban J connectivity index is 2.87. The van der Waals surface area contributed by atoms with Gasteiger partial charge >= 0.3 is 16.4 Å². The zero-order chi connectivity index (χ0) is 14.1. The van der Waals surface area contributed by atoms with E-state index in [2.05, 4.69) is 13.8 Å². The van der Waals surface area contributed by atoms with Crippen molar-refractivity contribution in [3.63, 3.8) is 0 Å². The van der Waals surface area contributed by atoms with E-state index in [4.69, 9.17) is 9.81 Å². The van der Waals surface area contributed by atoms with Crippen LogP contribution in [0.15, 0.2) is 0 Å². The maximum Gasteiger partial charge on any atom is 0.397 e. The van der Waals surface area contributed by atoms with Gasteiger partial charge < -0.3 is 20.1 Å². The smallest absolute Gasteiger partial charge is 0.387 e. The fourth-order valence-electron chi connectivity index (χ4n) is 1.34. The van der Waals surface area contributed by atoms with E-state index in [1.165, 1.54) is 0 Å². The van der Waals surface area contributed by atoms with Gasteiger partial charge in [0.15, 0.2) is 18.5 Å². The predicted octanol–water partition coefficient (Wildman–Crippen LogP) is -3.37. The van der Waals surface area contributed by atoms with Gasteiger partial charge in [-0.3, -0.25) is 9.44 Å². The fraction of sp³-hybridized carbons (Fsp3) is 0.833. The van der Waals surface area contributed by atoms with Crippen molar-refractivity contribution < 1.29 is 52.1 Å². The summed E-state index contributed by atoms with van der Waals surface area (Å²) in [5, 5.41) is 36.1. The highest BCUT2D eigenvalue weighted by Crippen LogP contribution is 2.24. The Morgan fingerprint density at radius 1 is 1.17 bits per heavy atom. The van der Waals surface area contributed by atoms with Crippen molar-refractivity contribution >= 4 is 16.4 Å². The molecule has 12 heteroatoms. The van der Waals surface area contributed by atoms with E-state index in [1.54, 1.807) is 0 Å². The number of carbonyl (C=O) groups excluding carboxylic acids is 1. The summed E-state index contributed by atoms with van der Waals surface area (Å²) in [6.07, 6.45) is -10.3. The van der Waals surface area contributed by atoms with Gasteiger partial charge in [-0.05, 0) is 0 Å². The predicted molar refractivity (Wildman–Crippen MR) is 48.0 cm³/mol. The maximum atomic E-state index is 10.9. The second-order valence-electron chi connectivity index (χ2n) is 3.33. The van der Waals surface area contributed by atoms with Gasteiger partial charge in [-0.1, -0.05) is 0 Å². The van der Waals surface area contributed by atoms with Crippen LogP contribution in [0.1, 0.15) is 0 Å². The van der Waals surface area contributed by atoms with Crippen LogP contribution < -0.4 is 0 Å². The average Bonchev–Trinajstić information content (AvgIpc) is 2.27. The molecule has 0 unspecified atom stereocenters. The van der Waals surface area contributed by atoms with Gasteiger partial charge in [0, 0.05) is 0 Å². The molecule has 1 saturated heterocycles. The molecule has 0 saturated carbocycles. The van der Waals surface area contributed by atoms with Crippen LogP contribution >= 0.6 is 0 Å². The molecule has 0 spiro atoms. The molecule has 0 bridgehead atoms. The summed E-state index contributed by atoms with van der Waals surface area (Å²) in [6, 6.07) is 0. The third-order valence-corrected chi connectivity index (χ3v) is 2.58. The number of carbonyl (C=O) groups is 1. The third-order valence-electron chi connectivity index (χ3n) is 2.12. The normalized spacial score (nSPS) is 37.3. The van der Waals surface area contributed by atoms with Crippen molar-refractivity contribution in [2.45, 2.75) is 30.7 Å². The molecular weight excluding hydrogens is 280 g/mol. The summed E-state index contributed by atoms with van der Waals surface area (Å²) in [5.41, 5.74) is 0. The molecule has 1 aliphatic heterocycles. The van der Waals surface area contributed by atoms with E-state index in [1.807, 2.05) is 0 Å². The van der Waals surface area contributed by atoms with Crippen LogP contribution in [0.2, 0.25) is 0 Å². The topological polar surface area (TPSA) is 180 Å². The maximum absolute atomic E-state index is 10.9. The van der Waals surface area contributed by atoms with Crippen LogP contribution in [0.25, 0.3) is 0 Å². The first-order chi connectivity index (χ1) is 8.17. The SMILES string of the molecule is O=C(OO)[C@@H]1O[C@@H](O)[C@H](OS(=O)(=O)O)[C@@H](O)[C@@H]1O. The first-order valence-electron chi connectivity index (χ1n) is 4.38. The highest BCUT2D eigenvalue weighted by atomic mass is 32.3. The van der Waals surface area contributed by atoms with Crippen molar-refractivity contribution in [3.8, 4) is 0 Å². The number of hydrogen-bond donors (Lipinski definition) is 5. The molecule has 0 aromatic carbocycles. The number of rotatable bonds is 3. The van der Waals surface area contributed by atoms with Crippen molar-refractivity contribution in [2.75, 3.05) is 0 Å². The highest BCUT2D eigenvalue weighted by molar-refractivity contribution is 7.80. The minimum absolute atomic E-state index is 1.52. The van der Waals surface area contributed by atoms with Crippen LogP contribution in [0.4, 0.5) is 0 Å². The Bertz CT molecular complexity index is 404. The lowest BCUT2D eigenvalue weighted by molar-refractivity contribution is -0.296. The summed E-state index contributed by atoms with van der Waals surface area (Å²) in [4.78, 5) is 14.1. The molecule has 1 fully saturated rings. The fourth-order valence-corrected chi connectivity index (χ4v) is 1.83. The van der Waals surface area contributed by atoms with Crippen LogP contribution in [0.5, 0.6) is 0 Å². The number of aliphatic hydroxyl groups is 3. The molecule has 1 aliphatic rings. The molecule has 18 heavy (non-hydrogen) atoms. The zero-order valence-electron chi connectivity index (χ0n) is 8.48. The van der Waals surface area contributed by atoms with E-state index in [0.29, 0.717) is 0 Å². The average molecular weight is 290 g/mol. The monoisotopic (exact) mass is 290 g/mol. The molecule has 0 amide bonds. The summed E-state index contributed by atoms with van der Waals surface area (Å²) < 4.78 is 37.4. The molecule has 106 valence electrons. The summed E-state index contributed by atoms with van der Waals surface area (Å²) in [7, 11) is -5.03. The van der Waals surface area contributed by atoms with Crippen molar-refractivity contribution in [2.24, 2.45) is 0 Å². The first kappa shape index (κ1) is 15.2. The number of ether oxygens (including phenoxy) is 1. The molecule has 0 aromatic rings. The second kappa shape index (κ2) is 5.41. The quantitative estimate of drug-likeness (QED) is 0.199. The van der Waals surface area contributed by atoms with Crippen molar-refractivity contribution in [1.29, 1.82) is 0 Å².